The van der Waals surface area contributed by atoms with Gasteiger partial charge in [0.25, 0.3) is 0 Å². The van der Waals surface area contributed by atoms with Crippen LogP contribution in [-0.4, -0.2) is 43.0 Å². The monoisotopic (exact) mass is 291 g/mol. The fraction of sp³-hybridized carbons (Fsp3) is 0.727. The highest BCUT2D eigenvalue weighted by Gasteiger charge is 2.13. The van der Waals surface area contributed by atoms with E-state index in [0.29, 0.717) is 13.1 Å². The Bertz CT molecular complexity index is 431. The van der Waals surface area contributed by atoms with E-state index in [0.717, 1.165) is 18.7 Å². The summed E-state index contributed by atoms with van der Waals surface area (Å²) in [7, 11) is -3.06. The smallest absolute Gasteiger partial charge is 0.211 e. The Balaban J connectivity index is 2.26. The summed E-state index contributed by atoms with van der Waals surface area (Å²) >= 11 is 1.44. The van der Waals surface area contributed by atoms with Crippen molar-refractivity contribution in [1.29, 1.82) is 0 Å². The molecule has 1 aromatic heterocycles. The molecule has 0 bridgehead atoms. The molecule has 104 valence electrons. The van der Waals surface area contributed by atoms with Gasteiger partial charge in [0.15, 0.2) is 0 Å². The highest BCUT2D eigenvalue weighted by molar-refractivity contribution is 7.88. The molecule has 7 heteroatoms. The molecule has 0 saturated carbocycles. The Labute approximate surface area is 113 Å². The van der Waals surface area contributed by atoms with Crippen LogP contribution in [0.4, 0.5) is 0 Å². The van der Waals surface area contributed by atoms with E-state index in [1.54, 1.807) is 0 Å². The molecule has 5 nitrogen and oxygen atoms in total. The summed E-state index contributed by atoms with van der Waals surface area (Å²) in [6.45, 7) is 5.78. The van der Waals surface area contributed by atoms with Crippen LogP contribution in [0.25, 0.3) is 0 Å². The third-order valence-corrected chi connectivity index (χ3v) is 4.71. The van der Waals surface area contributed by atoms with Crippen LogP contribution in [0.1, 0.15) is 32.0 Å². The highest BCUT2D eigenvalue weighted by Crippen LogP contribution is 2.10. The molecule has 1 N–H and O–H groups in total. The van der Waals surface area contributed by atoms with Gasteiger partial charge in [0.2, 0.25) is 10.0 Å². The van der Waals surface area contributed by atoms with Crippen molar-refractivity contribution in [2.75, 3.05) is 25.9 Å². The van der Waals surface area contributed by atoms with E-state index in [-0.39, 0.29) is 6.04 Å². The lowest BCUT2D eigenvalue weighted by Gasteiger charge is -2.18. The first-order chi connectivity index (χ1) is 8.45. The largest absolute Gasteiger partial charge is 0.309 e. The minimum atomic E-state index is -3.06. The molecule has 1 rings (SSSR count). The Morgan fingerprint density at radius 3 is 2.78 bits per heavy atom. The van der Waals surface area contributed by atoms with E-state index < -0.39 is 10.0 Å². The van der Waals surface area contributed by atoms with Crippen LogP contribution in [0, 0.1) is 0 Å². The molecule has 0 fully saturated rings. The SMILES string of the molecule is CCN(CCCNC(C)c1ccsn1)S(C)(=O)=O. The van der Waals surface area contributed by atoms with E-state index in [1.807, 2.05) is 18.4 Å². The van der Waals surface area contributed by atoms with Gasteiger partial charge in [-0.15, -0.1) is 0 Å². The maximum absolute atomic E-state index is 11.4. The van der Waals surface area contributed by atoms with Crippen molar-refractivity contribution in [2.24, 2.45) is 0 Å². The third-order valence-electron chi connectivity index (χ3n) is 2.76. The average Bonchev–Trinajstić information content (AvgIpc) is 2.80. The van der Waals surface area contributed by atoms with Crippen molar-refractivity contribution in [1.82, 2.24) is 14.0 Å². The second kappa shape index (κ2) is 7.18. The van der Waals surface area contributed by atoms with Crippen LogP contribution in [0.5, 0.6) is 0 Å². The Hall–Kier alpha value is -0.500. The van der Waals surface area contributed by atoms with Gasteiger partial charge < -0.3 is 5.32 Å². The topological polar surface area (TPSA) is 62.3 Å². The summed E-state index contributed by atoms with van der Waals surface area (Å²) in [5, 5.41) is 5.29. The fourth-order valence-corrected chi connectivity index (χ4v) is 3.21. The first-order valence-corrected chi connectivity index (χ1v) is 8.72. The molecule has 0 saturated heterocycles. The summed E-state index contributed by atoms with van der Waals surface area (Å²) in [5.41, 5.74) is 1.04. The van der Waals surface area contributed by atoms with Gasteiger partial charge in [-0.25, -0.2) is 12.7 Å². The molecule has 0 aromatic carbocycles. The quantitative estimate of drug-likeness (QED) is 0.737. The molecule has 0 aliphatic rings. The predicted octanol–water partition coefficient (Wildman–Crippen LogP) is 1.47. The van der Waals surface area contributed by atoms with Gasteiger partial charge in [-0.3, -0.25) is 0 Å². The lowest BCUT2D eigenvalue weighted by atomic mass is 10.2. The van der Waals surface area contributed by atoms with E-state index in [2.05, 4.69) is 16.6 Å². The van der Waals surface area contributed by atoms with Crippen molar-refractivity contribution in [3.05, 3.63) is 17.1 Å². The van der Waals surface area contributed by atoms with Crippen molar-refractivity contribution in [3.8, 4) is 0 Å². The summed E-state index contributed by atoms with van der Waals surface area (Å²) in [4.78, 5) is 0. The van der Waals surface area contributed by atoms with E-state index in [4.69, 9.17) is 0 Å². The lowest BCUT2D eigenvalue weighted by molar-refractivity contribution is 0.413. The van der Waals surface area contributed by atoms with Crippen LogP contribution in [0.3, 0.4) is 0 Å². The molecule has 0 aliphatic heterocycles. The molecule has 0 aliphatic carbocycles. The van der Waals surface area contributed by atoms with Gasteiger partial charge in [-0.1, -0.05) is 6.92 Å². The number of nitrogens with one attached hydrogen (secondary N) is 1. The number of hydrogen-bond acceptors (Lipinski definition) is 5. The molecule has 0 amide bonds. The zero-order chi connectivity index (χ0) is 13.6. The standard InChI is InChI=1S/C11H21N3O2S2/c1-4-14(18(3,15)16)8-5-7-12-10(2)11-6-9-17-13-11/h6,9-10,12H,4-5,7-8H2,1-3H3. The minimum absolute atomic E-state index is 0.213. The molecule has 0 spiro atoms. The number of sulfonamides is 1. The van der Waals surface area contributed by atoms with E-state index in [9.17, 15) is 8.42 Å². The molecular formula is C11H21N3O2S2. The molecular weight excluding hydrogens is 270 g/mol. The van der Waals surface area contributed by atoms with Crippen molar-refractivity contribution >= 4 is 21.6 Å². The first kappa shape index (κ1) is 15.6. The van der Waals surface area contributed by atoms with E-state index >= 15 is 0 Å². The average molecular weight is 291 g/mol. The van der Waals surface area contributed by atoms with Gasteiger partial charge in [0, 0.05) is 24.5 Å². The summed E-state index contributed by atoms with van der Waals surface area (Å²) in [6, 6.07) is 2.21. The first-order valence-electron chi connectivity index (χ1n) is 6.04. The zero-order valence-electron chi connectivity index (χ0n) is 11.1. The van der Waals surface area contributed by atoms with Gasteiger partial charge in [-0.05, 0) is 37.5 Å². The highest BCUT2D eigenvalue weighted by atomic mass is 32.2. The van der Waals surface area contributed by atoms with Crippen LogP contribution < -0.4 is 5.32 Å². The molecule has 1 heterocycles. The number of nitrogens with zero attached hydrogens (tertiary/aromatic N) is 2. The van der Waals surface area contributed by atoms with Crippen LogP contribution >= 0.6 is 11.5 Å². The predicted molar refractivity (Wildman–Crippen MR) is 75.2 cm³/mol. The molecule has 1 atom stereocenters. The summed E-state index contributed by atoms with van der Waals surface area (Å²) < 4.78 is 28.5. The van der Waals surface area contributed by atoms with Gasteiger partial charge in [0.1, 0.15) is 0 Å². The molecule has 0 radical (unpaired) electrons. The summed E-state index contributed by atoms with van der Waals surface area (Å²) in [5.74, 6) is 0. The van der Waals surface area contributed by atoms with Crippen LogP contribution in [-0.2, 0) is 10.0 Å². The Morgan fingerprint density at radius 2 is 2.28 bits per heavy atom. The number of aromatic nitrogens is 1. The molecule has 1 unspecified atom stereocenters. The molecule has 1 aromatic rings. The lowest BCUT2D eigenvalue weighted by Crippen LogP contribution is -2.32. The fourth-order valence-electron chi connectivity index (χ4n) is 1.68. The third kappa shape index (κ3) is 5.01. The van der Waals surface area contributed by atoms with Crippen LogP contribution in [0.15, 0.2) is 11.4 Å². The Kier molecular flexibility index (Phi) is 6.20. The minimum Gasteiger partial charge on any atom is -0.309 e. The number of hydrogen-bond donors (Lipinski definition) is 1. The normalized spacial score (nSPS) is 14.0. The van der Waals surface area contributed by atoms with Crippen molar-refractivity contribution in [2.45, 2.75) is 26.3 Å². The number of rotatable bonds is 8. The van der Waals surface area contributed by atoms with Gasteiger partial charge >= 0.3 is 0 Å². The van der Waals surface area contributed by atoms with Crippen molar-refractivity contribution < 1.29 is 8.42 Å². The second-order valence-electron chi connectivity index (χ2n) is 4.21. The zero-order valence-corrected chi connectivity index (χ0v) is 12.7. The van der Waals surface area contributed by atoms with E-state index in [1.165, 1.54) is 22.1 Å². The van der Waals surface area contributed by atoms with Gasteiger partial charge in [0.05, 0.1) is 11.9 Å². The van der Waals surface area contributed by atoms with Crippen LogP contribution in [0.2, 0.25) is 0 Å². The van der Waals surface area contributed by atoms with Crippen molar-refractivity contribution in [3.63, 3.8) is 0 Å². The second-order valence-corrected chi connectivity index (χ2v) is 6.86. The van der Waals surface area contributed by atoms with Gasteiger partial charge in [-0.2, -0.15) is 4.37 Å². The maximum atomic E-state index is 11.4. The molecule has 18 heavy (non-hydrogen) atoms. The summed E-state index contributed by atoms with van der Waals surface area (Å²) in [6.07, 6.45) is 2.05. The Morgan fingerprint density at radius 1 is 1.56 bits per heavy atom. The maximum Gasteiger partial charge on any atom is 0.211 e.